The molecule has 1 saturated heterocycles. The second-order valence-electron chi connectivity index (χ2n) is 4.37. The van der Waals surface area contributed by atoms with Gasteiger partial charge in [0.15, 0.2) is 0 Å². The van der Waals surface area contributed by atoms with Crippen molar-refractivity contribution in [2.24, 2.45) is 0 Å². The number of unbranched alkanes of at least 4 members (excludes halogenated alkanes) is 1. The van der Waals surface area contributed by atoms with Gasteiger partial charge in [-0.1, -0.05) is 13.3 Å². The van der Waals surface area contributed by atoms with Crippen molar-refractivity contribution >= 4 is 6.09 Å². The summed E-state index contributed by atoms with van der Waals surface area (Å²) in [7, 11) is 0. The predicted molar refractivity (Wildman–Crippen MR) is 60.1 cm³/mol. The van der Waals surface area contributed by atoms with Gasteiger partial charge in [-0.15, -0.1) is 0 Å². The van der Waals surface area contributed by atoms with E-state index in [1.165, 1.54) is 0 Å². The molecule has 0 spiro atoms. The Balaban J connectivity index is 2.44. The molecule has 0 radical (unpaired) electrons. The van der Waals surface area contributed by atoms with E-state index in [1.807, 2.05) is 0 Å². The smallest absolute Gasteiger partial charge is 0.407 e. The van der Waals surface area contributed by atoms with Gasteiger partial charge in [-0.25, -0.2) is 4.79 Å². The third kappa shape index (κ3) is 3.70. The van der Waals surface area contributed by atoms with E-state index in [2.05, 4.69) is 19.2 Å². The normalized spacial score (nSPS) is 26.3. The number of nitrogens with zero attached hydrogens (tertiary/aromatic N) is 1. The molecular formula is C11H22N2O2. The summed E-state index contributed by atoms with van der Waals surface area (Å²) in [6.45, 7) is 5.71. The monoisotopic (exact) mass is 214 g/mol. The summed E-state index contributed by atoms with van der Waals surface area (Å²) in [5, 5.41) is 12.5. The molecule has 0 aromatic heterocycles. The number of carboxylic acid groups (broad SMARTS) is 1. The average Bonchev–Trinajstić information content (AvgIpc) is 2.21. The van der Waals surface area contributed by atoms with Gasteiger partial charge in [-0.3, -0.25) is 0 Å². The minimum atomic E-state index is -0.773. The molecule has 88 valence electrons. The molecule has 4 heteroatoms. The largest absolute Gasteiger partial charge is 0.465 e. The lowest BCUT2D eigenvalue weighted by Crippen LogP contribution is -2.50. The molecule has 1 heterocycles. The lowest BCUT2D eigenvalue weighted by Gasteiger charge is -2.35. The Morgan fingerprint density at radius 2 is 2.27 bits per heavy atom. The van der Waals surface area contributed by atoms with Gasteiger partial charge in [0.25, 0.3) is 0 Å². The maximum Gasteiger partial charge on any atom is 0.407 e. The highest BCUT2D eigenvalue weighted by molar-refractivity contribution is 5.65. The highest BCUT2D eigenvalue weighted by atomic mass is 16.4. The Bertz CT molecular complexity index is 201. The first-order valence-corrected chi connectivity index (χ1v) is 5.88. The van der Waals surface area contributed by atoms with Gasteiger partial charge in [0.1, 0.15) is 0 Å². The molecule has 1 aliphatic heterocycles. The van der Waals surface area contributed by atoms with E-state index in [-0.39, 0.29) is 6.04 Å². The fourth-order valence-corrected chi connectivity index (χ4v) is 2.01. The summed E-state index contributed by atoms with van der Waals surface area (Å²) >= 11 is 0. The Labute approximate surface area is 91.6 Å². The summed E-state index contributed by atoms with van der Waals surface area (Å²) in [4.78, 5) is 12.7. The fourth-order valence-electron chi connectivity index (χ4n) is 2.01. The van der Waals surface area contributed by atoms with E-state index < -0.39 is 6.09 Å². The first-order valence-electron chi connectivity index (χ1n) is 5.88. The number of nitrogens with one attached hydrogen (secondary N) is 1. The van der Waals surface area contributed by atoms with Crippen LogP contribution in [-0.2, 0) is 0 Å². The molecule has 0 saturated carbocycles. The van der Waals surface area contributed by atoms with Gasteiger partial charge in [-0.05, 0) is 26.2 Å². The van der Waals surface area contributed by atoms with Crippen LogP contribution in [0.25, 0.3) is 0 Å². The number of hydrogen-bond acceptors (Lipinski definition) is 2. The quantitative estimate of drug-likeness (QED) is 0.751. The topological polar surface area (TPSA) is 52.6 Å². The Kier molecular flexibility index (Phi) is 4.88. The van der Waals surface area contributed by atoms with Gasteiger partial charge in [0, 0.05) is 25.2 Å². The molecule has 0 aromatic rings. The van der Waals surface area contributed by atoms with E-state index >= 15 is 0 Å². The highest BCUT2D eigenvalue weighted by Gasteiger charge is 2.26. The molecule has 1 rings (SSSR count). The van der Waals surface area contributed by atoms with Crippen molar-refractivity contribution < 1.29 is 9.90 Å². The molecule has 0 aromatic carbocycles. The molecule has 2 atom stereocenters. The minimum Gasteiger partial charge on any atom is -0.465 e. The Morgan fingerprint density at radius 3 is 2.73 bits per heavy atom. The molecular weight excluding hydrogens is 192 g/mol. The van der Waals surface area contributed by atoms with Gasteiger partial charge < -0.3 is 15.3 Å². The van der Waals surface area contributed by atoms with Crippen LogP contribution < -0.4 is 5.32 Å². The van der Waals surface area contributed by atoms with Crippen LogP contribution in [-0.4, -0.2) is 41.3 Å². The van der Waals surface area contributed by atoms with Gasteiger partial charge >= 0.3 is 6.09 Å². The molecule has 0 bridgehead atoms. The van der Waals surface area contributed by atoms with Crippen LogP contribution in [0.5, 0.6) is 0 Å². The molecule has 2 unspecified atom stereocenters. The maximum absolute atomic E-state index is 11.1. The number of carbonyl (C=O) groups is 1. The van der Waals surface area contributed by atoms with E-state index in [9.17, 15) is 4.79 Å². The van der Waals surface area contributed by atoms with Crippen molar-refractivity contribution in [2.45, 2.75) is 51.6 Å². The summed E-state index contributed by atoms with van der Waals surface area (Å²) in [6.07, 6.45) is 3.29. The van der Waals surface area contributed by atoms with Crippen LogP contribution in [0.1, 0.15) is 39.5 Å². The third-order valence-corrected chi connectivity index (χ3v) is 3.07. The van der Waals surface area contributed by atoms with E-state index in [4.69, 9.17) is 5.11 Å². The second-order valence-corrected chi connectivity index (χ2v) is 4.37. The van der Waals surface area contributed by atoms with Gasteiger partial charge in [0.2, 0.25) is 0 Å². The van der Waals surface area contributed by atoms with Gasteiger partial charge in [-0.2, -0.15) is 0 Å². The van der Waals surface area contributed by atoms with Crippen LogP contribution in [0.2, 0.25) is 0 Å². The lowest BCUT2D eigenvalue weighted by atomic mass is 10.0. The maximum atomic E-state index is 11.1. The first kappa shape index (κ1) is 12.3. The van der Waals surface area contributed by atoms with E-state index in [0.717, 1.165) is 32.2 Å². The van der Waals surface area contributed by atoms with Crippen molar-refractivity contribution in [1.29, 1.82) is 0 Å². The molecule has 15 heavy (non-hydrogen) atoms. The van der Waals surface area contributed by atoms with E-state index in [1.54, 1.807) is 4.90 Å². The van der Waals surface area contributed by atoms with Crippen molar-refractivity contribution in [3.05, 3.63) is 0 Å². The molecule has 1 aliphatic rings. The summed E-state index contributed by atoms with van der Waals surface area (Å²) in [6, 6.07) is 0.702. The lowest BCUT2D eigenvalue weighted by molar-refractivity contribution is 0.110. The van der Waals surface area contributed by atoms with Crippen LogP contribution in [0, 0.1) is 0 Å². The Hall–Kier alpha value is -0.770. The predicted octanol–water partition coefficient (Wildman–Crippen LogP) is 1.91. The molecule has 1 fully saturated rings. The van der Waals surface area contributed by atoms with Gasteiger partial charge in [0.05, 0.1) is 0 Å². The SMILES string of the molecule is CCCCN(C(=O)O)C1CCC(C)NC1. The highest BCUT2D eigenvalue weighted by Crippen LogP contribution is 2.14. The van der Waals surface area contributed by atoms with Crippen LogP contribution in [0.4, 0.5) is 4.79 Å². The minimum absolute atomic E-state index is 0.172. The first-order chi connectivity index (χ1) is 7.15. The van der Waals surface area contributed by atoms with Crippen LogP contribution in [0.3, 0.4) is 0 Å². The molecule has 1 amide bonds. The van der Waals surface area contributed by atoms with Crippen molar-refractivity contribution in [3.63, 3.8) is 0 Å². The van der Waals surface area contributed by atoms with Crippen molar-refractivity contribution in [3.8, 4) is 0 Å². The summed E-state index contributed by atoms with van der Waals surface area (Å²) in [5.74, 6) is 0. The standard InChI is InChI=1S/C11H22N2O2/c1-3-4-7-13(11(14)15)10-6-5-9(2)12-8-10/h9-10,12H,3-8H2,1-2H3,(H,14,15). The van der Waals surface area contributed by atoms with Crippen LogP contribution >= 0.6 is 0 Å². The summed E-state index contributed by atoms with van der Waals surface area (Å²) < 4.78 is 0. The fraction of sp³-hybridized carbons (Fsp3) is 0.909. The Morgan fingerprint density at radius 1 is 1.53 bits per heavy atom. The molecule has 4 nitrogen and oxygen atoms in total. The average molecular weight is 214 g/mol. The number of piperidine rings is 1. The third-order valence-electron chi connectivity index (χ3n) is 3.07. The number of hydrogen-bond donors (Lipinski definition) is 2. The number of rotatable bonds is 4. The molecule has 0 aliphatic carbocycles. The zero-order valence-electron chi connectivity index (χ0n) is 9.70. The summed E-state index contributed by atoms with van der Waals surface area (Å²) in [5.41, 5.74) is 0. The zero-order chi connectivity index (χ0) is 11.3. The van der Waals surface area contributed by atoms with Crippen LogP contribution in [0.15, 0.2) is 0 Å². The van der Waals surface area contributed by atoms with Crippen molar-refractivity contribution in [1.82, 2.24) is 10.2 Å². The number of amides is 1. The zero-order valence-corrected chi connectivity index (χ0v) is 9.70. The van der Waals surface area contributed by atoms with Crippen molar-refractivity contribution in [2.75, 3.05) is 13.1 Å². The molecule has 2 N–H and O–H groups in total. The van der Waals surface area contributed by atoms with E-state index in [0.29, 0.717) is 12.6 Å². The second kappa shape index (κ2) is 5.95.